The number of nitrogens with zero attached hydrogens (tertiary/aromatic N) is 4. The first-order chi connectivity index (χ1) is 20.6. The molecule has 0 radical (unpaired) electrons. The van der Waals surface area contributed by atoms with Crippen LogP contribution < -0.4 is 15.4 Å². The number of para-hydroxylation sites is 1. The summed E-state index contributed by atoms with van der Waals surface area (Å²) in [5, 5.41) is 6.05. The third-order valence-corrected chi connectivity index (χ3v) is 7.06. The van der Waals surface area contributed by atoms with Crippen molar-refractivity contribution in [2.45, 2.75) is 45.7 Å². The summed E-state index contributed by atoms with van der Waals surface area (Å²) in [4.78, 5) is 25.5. The first-order valence-electron chi connectivity index (χ1n) is 14.2. The lowest BCUT2D eigenvalue weighted by Crippen LogP contribution is -2.24. The predicted octanol–water partition coefficient (Wildman–Crippen LogP) is 5.34. The van der Waals surface area contributed by atoms with Crippen LogP contribution in [0.3, 0.4) is 0 Å². The zero-order valence-corrected chi connectivity index (χ0v) is 23.9. The van der Waals surface area contributed by atoms with Gasteiger partial charge >= 0.3 is 0 Å². The Morgan fingerprint density at radius 3 is 2.76 bits per heavy atom. The Morgan fingerprint density at radius 1 is 1.07 bits per heavy atom. The molecule has 10 heteroatoms. The van der Waals surface area contributed by atoms with Crippen LogP contribution in [0.15, 0.2) is 71.5 Å². The number of hydrogen-bond acceptors (Lipinski definition) is 7. The highest BCUT2D eigenvalue weighted by molar-refractivity contribution is 5.91. The van der Waals surface area contributed by atoms with Crippen molar-refractivity contribution in [3.63, 3.8) is 0 Å². The number of aryl methyl sites for hydroxylation is 1. The van der Waals surface area contributed by atoms with Crippen molar-refractivity contribution in [1.29, 1.82) is 0 Å². The van der Waals surface area contributed by atoms with Crippen molar-refractivity contribution in [3.8, 4) is 16.9 Å². The normalized spacial score (nSPS) is 11.2. The van der Waals surface area contributed by atoms with Crippen LogP contribution in [-0.2, 0) is 25.9 Å². The maximum atomic E-state index is 13.7. The Kier molecular flexibility index (Phi) is 9.55. The van der Waals surface area contributed by atoms with E-state index in [1.807, 2.05) is 18.2 Å². The molecule has 9 nitrogen and oxygen atoms in total. The van der Waals surface area contributed by atoms with E-state index in [9.17, 15) is 9.18 Å². The lowest BCUT2D eigenvalue weighted by molar-refractivity contribution is 0.0945. The molecule has 5 aromatic rings. The van der Waals surface area contributed by atoms with Crippen LogP contribution in [0, 0.1) is 5.82 Å². The molecule has 0 saturated heterocycles. The van der Waals surface area contributed by atoms with Crippen LogP contribution >= 0.6 is 0 Å². The molecule has 0 aliphatic heterocycles. The number of rotatable bonds is 14. The largest absolute Gasteiger partial charge is 0.496 e. The Bertz CT molecular complexity index is 1650. The van der Waals surface area contributed by atoms with Gasteiger partial charge < -0.3 is 24.4 Å². The highest BCUT2D eigenvalue weighted by atomic mass is 19.1. The summed E-state index contributed by atoms with van der Waals surface area (Å²) in [7, 11) is 1.69. The van der Waals surface area contributed by atoms with E-state index < -0.39 is 11.7 Å². The van der Waals surface area contributed by atoms with Gasteiger partial charge in [-0.3, -0.25) is 9.78 Å². The van der Waals surface area contributed by atoms with E-state index in [1.54, 1.807) is 7.11 Å². The minimum absolute atomic E-state index is 0.0277. The van der Waals surface area contributed by atoms with Gasteiger partial charge in [0.05, 0.1) is 30.4 Å². The average Bonchev–Trinajstić information content (AvgIpc) is 3.63. The van der Waals surface area contributed by atoms with E-state index in [0.717, 1.165) is 66.1 Å². The number of carbonyl (C=O) groups excluding carboxylic acids is 1. The minimum atomic E-state index is -0.469. The van der Waals surface area contributed by atoms with E-state index in [4.69, 9.17) is 14.1 Å². The number of nitrogens with one attached hydrogen (secondary N) is 2. The summed E-state index contributed by atoms with van der Waals surface area (Å²) in [6.07, 6.45) is 6.25. The highest BCUT2D eigenvalue weighted by Gasteiger charge is 2.15. The number of halogens is 1. The number of unbranched alkanes of at least 4 members (excludes halogenated alkanes) is 1. The number of benzene rings is 2. The molecule has 2 aromatic carbocycles. The average molecular weight is 571 g/mol. The summed E-state index contributed by atoms with van der Waals surface area (Å²) >= 11 is 0. The van der Waals surface area contributed by atoms with Gasteiger partial charge in [0.25, 0.3) is 5.91 Å². The molecule has 0 unspecified atom stereocenters. The molecule has 3 heterocycles. The fraction of sp³-hybridized carbons (Fsp3) is 0.312. The summed E-state index contributed by atoms with van der Waals surface area (Å²) in [5.41, 5.74) is 4.58. The van der Waals surface area contributed by atoms with Crippen LogP contribution in [0.25, 0.3) is 22.2 Å². The predicted molar refractivity (Wildman–Crippen MR) is 159 cm³/mol. The quantitative estimate of drug-likeness (QED) is 0.174. The molecular weight excluding hydrogens is 535 g/mol. The summed E-state index contributed by atoms with van der Waals surface area (Å²) < 4.78 is 27.1. The molecule has 2 N–H and O–H groups in total. The number of fused-ring (bicyclic) bond motifs is 1. The molecule has 0 atom stereocenters. The molecule has 5 rings (SSSR count). The number of ether oxygens (including phenoxy) is 1. The third kappa shape index (κ3) is 6.83. The highest BCUT2D eigenvalue weighted by Crippen LogP contribution is 2.32. The lowest BCUT2D eigenvalue weighted by atomic mass is 10.0. The molecule has 218 valence electrons. The first-order valence-corrected chi connectivity index (χ1v) is 14.2. The lowest BCUT2D eigenvalue weighted by Gasteiger charge is -2.11. The van der Waals surface area contributed by atoms with E-state index in [-0.39, 0.29) is 17.9 Å². The van der Waals surface area contributed by atoms with Crippen molar-refractivity contribution in [2.24, 2.45) is 0 Å². The standard InChI is InChI=1S/C32H35FN6O3/c1-3-4-18-39-28-19-22(23-8-5-6-10-29(23)41-2)11-12-25(28)37-30(39)13-16-34-17-14-31-38-27(21-42-31)32(40)36-20-26-24(33)9-7-15-35-26/h5-12,15,19,21,34H,3-4,13-14,16-18,20H2,1-2H3,(H,36,40). The van der Waals surface area contributed by atoms with Gasteiger partial charge in [0.2, 0.25) is 0 Å². The van der Waals surface area contributed by atoms with Crippen LogP contribution in [-0.4, -0.2) is 45.6 Å². The fourth-order valence-electron chi connectivity index (χ4n) is 4.83. The third-order valence-electron chi connectivity index (χ3n) is 7.06. The topological polar surface area (TPSA) is 107 Å². The number of hydrogen-bond donors (Lipinski definition) is 2. The van der Waals surface area contributed by atoms with Crippen molar-refractivity contribution in [1.82, 2.24) is 30.2 Å². The molecule has 1 amide bonds. The number of oxazole rings is 1. The number of aromatic nitrogens is 4. The van der Waals surface area contributed by atoms with Crippen molar-refractivity contribution in [2.75, 3.05) is 20.2 Å². The molecule has 0 spiro atoms. The van der Waals surface area contributed by atoms with Crippen LogP contribution in [0.5, 0.6) is 5.75 Å². The maximum Gasteiger partial charge on any atom is 0.273 e. The van der Waals surface area contributed by atoms with Crippen molar-refractivity contribution in [3.05, 3.63) is 96.0 Å². The summed E-state index contributed by atoms with van der Waals surface area (Å²) in [6.45, 7) is 4.44. The molecule has 3 aromatic heterocycles. The van der Waals surface area contributed by atoms with Crippen LogP contribution in [0.2, 0.25) is 0 Å². The molecule has 0 saturated carbocycles. The van der Waals surface area contributed by atoms with E-state index in [2.05, 4.69) is 56.4 Å². The first kappa shape index (κ1) is 28.9. The Hall–Kier alpha value is -4.57. The number of pyridine rings is 1. The monoisotopic (exact) mass is 570 g/mol. The summed E-state index contributed by atoms with van der Waals surface area (Å²) in [6, 6.07) is 17.2. The second kappa shape index (κ2) is 13.9. The van der Waals surface area contributed by atoms with Gasteiger partial charge in [-0.1, -0.05) is 37.6 Å². The second-order valence-electron chi connectivity index (χ2n) is 9.93. The van der Waals surface area contributed by atoms with E-state index in [1.165, 1.54) is 24.6 Å². The zero-order chi connectivity index (χ0) is 29.3. The van der Waals surface area contributed by atoms with Gasteiger partial charge in [-0.25, -0.2) is 14.4 Å². The molecule has 0 aliphatic carbocycles. The second-order valence-corrected chi connectivity index (χ2v) is 9.93. The van der Waals surface area contributed by atoms with Gasteiger partial charge in [0.1, 0.15) is 23.7 Å². The molecule has 42 heavy (non-hydrogen) atoms. The van der Waals surface area contributed by atoms with Gasteiger partial charge in [0, 0.05) is 44.2 Å². The van der Waals surface area contributed by atoms with Crippen molar-refractivity contribution < 1.29 is 18.3 Å². The number of amides is 1. The Balaban J connectivity index is 1.16. The van der Waals surface area contributed by atoms with E-state index in [0.29, 0.717) is 18.9 Å². The van der Waals surface area contributed by atoms with Gasteiger partial charge in [-0.05, 0) is 42.3 Å². The molecule has 0 aliphatic rings. The van der Waals surface area contributed by atoms with Gasteiger partial charge in [-0.15, -0.1) is 0 Å². The fourth-order valence-corrected chi connectivity index (χ4v) is 4.83. The zero-order valence-electron chi connectivity index (χ0n) is 23.9. The minimum Gasteiger partial charge on any atom is -0.496 e. The van der Waals surface area contributed by atoms with Crippen molar-refractivity contribution >= 4 is 16.9 Å². The Labute approximate surface area is 244 Å². The molecule has 0 fully saturated rings. The van der Waals surface area contributed by atoms with Crippen LogP contribution in [0.1, 0.15) is 47.7 Å². The molecule has 0 bridgehead atoms. The number of imidazole rings is 1. The van der Waals surface area contributed by atoms with E-state index >= 15 is 0 Å². The Morgan fingerprint density at radius 2 is 1.93 bits per heavy atom. The summed E-state index contributed by atoms with van der Waals surface area (Å²) in [5.74, 6) is 1.43. The number of methoxy groups -OCH3 is 1. The van der Waals surface area contributed by atoms with Gasteiger partial charge in [-0.2, -0.15) is 0 Å². The maximum absolute atomic E-state index is 13.7. The molecular formula is C32H35FN6O3. The van der Waals surface area contributed by atoms with Crippen LogP contribution in [0.4, 0.5) is 4.39 Å². The number of carbonyl (C=O) groups is 1. The van der Waals surface area contributed by atoms with Gasteiger partial charge in [0.15, 0.2) is 11.6 Å². The smallest absolute Gasteiger partial charge is 0.273 e. The SMILES string of the molecule is CCCCn1c(CCNCCc2nc(C(=O)NCc3ncccc3F)co2)nc2ccc(-c3ccccc3OC)cc21.